The second-order valence-electron chi connectivity index (χ2n) is 8.27. The molecular formula is C24H26ClN3O4. The van der Waals surface area contributed by atoms with Crippen LogP contribution in [0, 0.1) is 6.92 Å². The molecule has 32 heavy (non-hydrogen) atoms. The summed E-state index contributed by atoms with van der Waals surface area (Å²) in [4.78, 5) is 37.1. The topological polar surface area (TPSA) is 93.3 Å². The third kappa shape index (κ3) is 5.05. The zero-order valence-corrected chi connectivity index (χ0v) is 18.7. The maximum absolute atomic E-state index is 12.5. The minimum Gasteiger partial charge on any atom is -0.408 e. The van der Waals surface area contributed by atoms with Crippen molar-refractivity contribution in [3.63, 3.8) is 0 Å². The van der Waals surface area contributed by atoms with E-state index >= 15 is 0 Å². The van der Waals surface area contributed by atoms with Crippen molar-refractivity contribution in [3.05, 3.63) is 63.1 Å². The number of benzene rings is 2. The highest BCUT2D eigenvalue weighted by molar-refractivity contribution is 6.31. The zero-order valence-electron chi connectivity index (χ0n) is 17.9. The molecule has 2 aromatic carbocycles. The van der Waals surface area contributed by atoms with Crippen molar-refractivity contribution in [1.29, 1.82) is 0 Å². The number of rotatable bonds is 6. The maximum Gasteiger partial charge on any atom is 0.419 e. The first-order valence-electron chi connectivity index (χ1n) is 10.9. The van der Waals surface area contributed by atoms with Gasteiger partial charge in [-0.15, -0.1) is 0 Å². The molecule has 1 heterocycles. The summed E-state index contributed by atoms with van der Waals surface area (Å²) >= 11 is 5.93. The van der Waals surface area contributed by atoms with Gasteiger partial charge in [-0.25, -0.2) is 4.79 Å². The SMILES string of the molecule is Cc1cc(C(=O)NC2CCCCC2)ccc1NC(=O)CCn1c(=O)oc2cc(Cl)ccc21. The van der Waals surface area contributed by atoms with E-state index in [0.717, 1.165) is 31.2 Å². The zero-order chi connectivity index (χ0) is 22.7. The smallest absolute Gasteiger partial charge is 0.408 e. The lowest BCUT2D eigenvalue weighted by Gasteiger charge is -2.23. The number of nitrogens with zero attached hydrogens (tertiary/aromatic N) is 1. The monoisotopic (exact) mass is 455 g/mol. The van der Waals surface area contributed by atoms with E-state index in [1.165, 1.54) is 11.0 Å². The summed E-state index contributed by atoms with van der Waals surface area (Å²) in [5.41, 5.74) is 3.01. The number of nitrogens with one attached hydrogen (secondary N) is 2. The molecule has 3 aromatic rings. The van der Waals surface area contributed by atoms with E-state index in [1.807, 2.05) is 6.92 Å². The van der Waals surface area contributed by atoms with Crippen molar-refractivity contribution < 1.29 is 14.0 Å². The Labute approximate surface area is 190 Å². The molecule has 4 rings (SSSR count). The molecule has 1 aliphatic carbocycles. The van der Waals surface area contributed by atoms with Crippen LogP contribution in [0.2, 0.25) is 5.02 Å². The number of halogens is 1. The van der Waals surface area contributed by atoms with Crippen LogP contribution in [0.25, 0.3) is 11.1 Å². The molecular weight excluding hydrogens is 430 g/mol. The predicted octanol–water partition coefficient (Wildman–Crippen LogP) is 4.65. The van der Waals surface area contributed by atoms with Gasteiger partial charge in [-0.05, 0) is 55.7 Å². The number of anilines is 1. The van der Waals surface area contributed by atoms with Gasteiger partial charge in [0, 0.05) is 41.3 Å². The molecule has 0 saturated heterocycles. The summed E-state index contributed by atoms with van der Waals surface area (Å²) < 4.78 is 6.61. The van der Waals surface area contributed by atoms with Crippen LogP contribution in [0.3, 0.4) is 0 Å². The van der Waals surface area contributed by atoms with Gasteiger partial charge in [-0.1, -0.05) is 30.9 Å². The Balaban J connectivity index is 1.37. The normalized spacial score (nSPS) is 14.4. The van der Waals surface area contributed by atoms with E-state index in [2.05, 4.69) is 10.6 Å². The average Bonchev–Trinajstić information content (AvgIpc) is 3.08. The molecule has 0 unspecified atom stereocenters. The molecule has 0 spiro atoms. The van der Waals surface area contributed by atoms with E-state index in [9.17, 15) is 14.4 Å². The lowest BCUT2D eigenvalue weighted by molar-refractivity contribution is -0.116. The van der Waals surface area contributed by atoms with E-state index in [1.54, 1.807) is 36.4 Å². The van der Waals surface area contributed by atoms with Crippen LogP contribution in [-0.4, -0.2) is 22.4 Å². The number of fused-ring (bicyclic) bond motifs is 1. The number of amides is 2. The van der Waals surface area contributed by atoms with Gasteiger partial charge in [0.1, 0.15) is 0 Å². The molecule has 1 saturated carbocycles. The van der Waals surface area contributed by atoms with Crippen LogP contribution in [-0.2, 0) is 11.3 Å². The third-order valence-electron chi connectivity index (χ3n) is 5.90. The number of carbonyl (C=O) groups excluding carboxylic acids is 2. The molecule has 8 heteroatoms. The van der Waals surface area contributed by atoms with Crippen molar-refractivity contribution in [1.82, 2.24) is 9.88 Å². The van der Waals surface area contributed by atoms with Crippen LogP contribution >= 0.6 is 11.6 Å². The van der Waals surface area contributed by atoms with Gasteiger partial charge in [0.2, 0.25) is 5.91 Å². The van der Waals surface area contributed by atoms with Crippen molar-refractivity contribution in [2.75, 3.05) is 5.32 Å². The number of oxazole rings is 1. The number of aryl methyl sites for hydroxylation is 2. The minimum absolute atomic E-state index is 0.0795. The number of carbonyl (C=O) groups is 2. The Morgan fingerprint density at radius 3 is 2.66 bits per heavy atom. The Kier molecular flexibility index (Phi) is 6.65. The second kappa shape index (κ2) is 9.61. The highest BCUT2D eigenvalue weighted by Crippen LogP contribution is 2.21. The minimum atomic E-state index is -0.528. The molecule has 2 N–H and O–H groups in total. The van der Waals surface area contributed by atoms with Gasteiger partial charge in [0.05, 0.1) is 5.52 Å². The molecule has 1 aromatic heterocycles. The molecule has 1 aliphatic rings. The molecule has 0 radical (unpaired) electrons. The Morgan fingerprint density at radius 1 is 1.12 bits per heavy atom. The van der Waals surface area contributed by atoms with Gasteiger partial charge < -0.3 is 15.1 Å². The fourth-order valence-electron chi connectivity index (χ4n) is 4.14. The van der Waals surface area contributed by atoms with E-state index in [4.69, 9.17) is 16.0 Å². The van der Waals surface area contributed by atoms with E-state index < -0.39 is 5.76 Å². The van der Waals surface area contributed by atoms with Crippen LogP contribution in [0.5, 0.6) is 0 Å². The molecule has 168 valence electrons. The van der Waals surface area contributed by atoms with Gasteiger partial charge in [-0.2, -0.15) is 0 Å². The van der Waals surface area contributed by atoms with Crippen LogP contribution in [0.4, 0.5) is 5.69 Å². The third-order valence-corrected chi connectivity index (χ3v) is 6.13. The largest absolute Gasteiger partial charge is 0.419 e. The molecule has 0 bridgehead atoms. The highest BCUT2D eigenvalue weighted by atomic mass is 35.5. The first-order valence-corrected chi connectivity index (χ1v) is 11.3. The first kappa shape index (κ1) is 22.1. The summed E-state index contributed by atoms with van der Waals surface area (Å²) in [7, 11) is 0. The van der Waals surface area contributed by atoms with E-state index in [0.29, 0.717) is 27.4 Å². The Hall–Kier alpha value is -3.06. The molecule has 7 nitrogen and oxygen atoms in total. The Bertz CT molecular complexity index is 1210. The first-order chi connectivity index (χ1) is 15.4. The van der Waals surface area contributed by atoms with Crippen LogP contribution in [0.15, 0.2) is 45.6 Å². The van der Waals surface area contributed by atoms with Crippen molar-refractivity contribution >= 4 is 40.2 Å². The average molecular weight is 456 g/mol. The van der Waals surface area contributed by atoms with Crippen molar-refractivity contribution in [3.8, 4) is 0 Å². The summed E-state index contributed by atoms with van der Waals surface area (Å²) in [6.45, 7) is 2.03. The fourth-order valence-corrected chi connectivity index (χ4v) is 4.30. The van der Waals surface area contributed by atoms with Crippen LogP contribution < -0.4 is 16.4 Å². The summed E-state index contributed by atoms with van der Waals surface area (Å²) in [5.74, 6) is -0.841. The van der Waals surface area contributed by atoms with Gasteiger partial charge in [0.15, 0.2) is 5.58 Å². The molecule has 0 atom stereocenters. The lowest BCUT2D eigenvalue weighted by Crippen LogP contribution is -2.36. The van der Waals surface area contributed by atoms with Crippen molar-refractivity contribution in [2.24, 2.45) is 0 Å². The number of aromatic nitrogens is 1. The fraction of sp³-hybridized carbons (Fsp3) is 0.375. The quantitative estimate of drug-likeness (QED) is 0.565. The summed E-state index contributed by atoms with van der Waals surface area (Å²) in [5, 5.41) is 6.44. The van der Waals surface area contributed by atoms with Gasteiger partial charge >= 0.3 is 5.76 Å². The summed E-state index contributed by atoms with van der Waals surface area (Å²) in [6.07, 6.45) is 5.70. The van der Waals surface area contributed by atoms with Gasteiger partial charge in [0.25, 0.3) is 5.91 Å². The number of hydrogen-bond acceptors (Lipinski definition) is 4. The Morgan fingerprint density at radius 2 is 1.91 bits per heavy atom. The molecule has 1 fully saturated rings. The van der Waals surface area contributed by atoms with E-state index in [-0.39, 0.29) is 30.8 Å². The molecule has 2 amide bonds. The van der Waals surface area contributed by atoms with Crippen LogP contribution in [0.1, 0.15) is 54.4 Å². The predicted molar refractivity (Wildman–Crippen MR) is 124 cm³/mol. The lowest BCUT2D eigenvalue weighted by atomic mass is 9.95. The van der Waals surface area contributed by atoms with Gasteiger partial charge in [-0.3, -0.25) is 14.2 Å². The second-order valence-corrected chi connectivity index (χ2v) is 8.70. The highest BCUT2D eigenvalue weighted by Gasteiger charge is 2.17. The number of hydrogen-bond donors (Lipinski definition) is 2. The standard InChI is InChI=1S/C24H26ClN3O4/c1-15-13-16(23(30)26-18-5-3-2-4-6-18)7-9-19(15)27-22(29)11-12-28-20-10-8-17(25)14-21(20)32-24(28)31/h7-10,13-14,18H,2-6,11-12H2,1H3,(H,26,30)(H,27,29). The maximum atomic E-state index is 12.5. The summed E-state index contributed by atoms with van der Waals surface area (Å²) in [6, 6.07) is 10.4. The molecule has 0 aliphatic heterocycles. The van der Waals surface area contributed by atoms with Crippen molar-refractivity contribution in [2.45, 2.75) is 58.0 Å².